The summed E-state index contributed by atoms with van der Waals surface area (Å²) in [6.45, 7) is 1.82. The fourth-order valence-electron chi connectivity index (χ4n) is 1.08. The van der Waals surface area contributed by atoms with Crippen LogP contribution in [0.2, 0.25) is 0 Å². The van der Waals surface area contributed by atoms with Crippen molar-refractivity contribution >= 4 is 27.3 Å². The molecule has 0 fully saturated rings. The Labute approximate surface area is 84.2 Å². The van der Waals surface area contributed by atoms with Crippen LogP contribution in [0.4, 0.5) is 11.4 Å². The van der Waals surface area contributed by atoms with E-state index >= 15 is 0 Å². The highest BCUT2D eigenvalue weighted by atomic mass is 79.9. The first-order chi connectivity index (χ1) is 6.06. The fraction of sp³-hybridized carbons (Fsp3) is 0.250. The van der Waals surface area contributed by atoms with Gasteiger partial charge in [-0.25, -0.2) is 0 Å². The van der Waals surface area contributed by atoms with E-state index in [0.29, 0.717) is 4.47 Å². The van der Waals surface area contributed by atoms with Gasteiger partial charge in [-0.05, 0) is 34.5 Å². The van der Waals surface area contributed by atoms with E-state index in [2.05, 4.69) is 21.2 Å². The van der Waals surface area contributed by atoms with Gasteiger partial charge in [-0.15, -0.1) is 0 Å². The third-order valence-corrected chi connectivity index (χ3v) is 2.40. The van der Waals surface area contributed by atoms with Gasteiger partial charge < -0.3 is 5.32 Å². The molecule has 70 valence electrons. The van der Waals surface area contributed by atoms with Crippen LogP contribution in [0.15, 0.2) is 16.6 Å². The highest BCUT2D eigenvalue weighted by Crippen LogP contribution is 2.30. The number of benzene rings is 1. The maximum Gasteiger partial charge on any atom is 0.283 e. The Bertz CT molecular complexity index is 352. The summed E-state index contributed by atoms with van der Waals surface area (Å²) in [5.74, 6) is 0. The molecule has 0 spiro atoms. The first-order valence-corrected chi connectivity index (χ1v) is 4.48. The topological polar surface area (TPSA) is 55.2 Å². The molecular formula is C8H9BrN2O2. The molecule has 1 aromatic carbocycles. The maximum atomic E-state index is 10.5. The van der Waals surface area contributed by atoms with Crippen LogP contribution in [0.1, 0.15) is 5.56 Å². The normalized spacial score (nSPS) is 9.77. The van der Waals surface area contributed by atoms with E-state index in [1.165, 1.54) is 6.07 Å². The molecule has 0 aromatic heterocycles. The molecule has 5 heteroatoms. The summed E-state index contributed by atoms with van der Waals surface area (Å²) >= 11 is 3.14. The third kappa shape index (κ3) is 1.98. The van der Waals surface area contributed by atoms with Crippen LogP contribution in [-0.2, 0) is 0 Å². The summed E-state index contributed by atoms with van der Waals surface area (Å²) < 4.78 is 0.493. The van der Waals surface area contributed by atoms with E-state index in [0.717, 1.165) is 11.3 Å². The lowest BCUT2D eigenvalue weighted by Gasteiger charge is -2.05. The van der Waals surface area contributed by atoms with Gasteiger partial charge in [0, 0.05) is 18.8 Å². The van der Waals surface area contributed by atoms with Crippen LogP contribution < -0.4 is 5.32 Å². The summed E-state index contributed by atoms with van der Waals surface area (Å²) in [5, 5.41) is 13.5. The highest BCUT2D eigenvalue weighted by Gasteiger charge is 2.13. The zero-order chi connectivity index (χ0) is 10.0. The first-order valence-electron chi connectivity index (χ1n) is 3.68. The number of anilines is 1. The molecular weight excluding hydrogens is 236 g/mol. The smallest absolute Gasteiger partial charge is 0.283 e. The number of rotatable bonds is 2. The van der Waals surface area contributed by atoms with Gasteiger partial charge in [0.1, 0.15) is 0 Å². The molecule has 0 saturated carbocycles. The second-order valence-corrected chi connectivity index (χ2v) is 3.48. The fourth-order valence-corrected chi connectivity index (χ4v) is 1.56. The minimum Gasteiger partial charge on any atom is -0.388 e. The van der Waals surface area contributed by atoms with Crippen molar-refractivity contribution in [2.75, 3.05) is 12.4 Å². The van der Waals surface area contributed by atoms with Crippen molar-refractivity contribution in [3.63, 3.8) is 0 Å². The number of nitro groups is 1. The maximum absolute atomic E-state index is 10.5. The molecule has 0 radical (unpaired) electrons. The second kappa shape index (κ2) is 3.74. The van der Waals surface area contributed by atoms with Crippen molar-refractivity contribution in [3.8, 4) is 0 Å². The summed E-state index contributed by atoms with van der Waals surface area (Å²) in [5.41, 5.74) is 1.84. The van der Waals surface area contributed by atoms with Crippen molar-refractivity contribution < 1.29 is 4.92 Å². The average molecular weight is 245 g/mol. The lowest BCUT2D eigenvalue weighted by atomic mass is 10.2. The van der Waals surface area contributed by atoms with Gasteiger partial charge >= 0.3 is 0 Å². The zero-order valence-electron chi connectivity index (χ0n) is 7.30. The molecule has 0 aliphatic heterocycles. The minimum absolute atomic E-state index is 0.0940. The Morgan fingerprint density at radius 2 is 2.15 bits per heavy atom. The van der Waals surface area contributed by atoms with E-state index in [1.807, 2.05) is 6.92 Å². The Balaban J connectivity index is 3.28. The van der Waals surface area contributed by atoms with E-state index in [-0.39, 0.29) is 5.69 Å². The van der Waals surface area contributed by atoms with Gasteiger partial charge in [0.25, 0.3) is 5.69 Å². The Morgan fingerprint density at radius 3 is 2.62 bits per heavy atom. The summed E-state index contributed by atoms with van der Waals surface area (Å²) in [6.07, 6.45) is 0. The Hall–Kier alpha value is -1.10. The van der Waals surface area contributed by atoms with Crippen molar-refractivity contribution in [1.29, 1.82) is 0 Å². The number of hydrogen-bond donors (Lipinski definition) is 1. The second-order valence-electron chi connectivity index (χ2n) is 2.63. The predicted molar refractivity (Wildman–Crippen MR) is 55.1 cm³/mol. The van der Waals surface area contributed by atoms with Gasteiger partial charge in [0.15, 0.2) is 0 Å². The molecule has 0 atom stereocenters. The van der Waals surface area contributed by atoms with E-state index < -0.39 is 4.92 Å². The largest absolute Gasteiger partial charge is 0.388 e. The summed E-state index contributed by atoms with van der Waals surface area (Å²) in [7, 11) is 1.78. The Morgan fingerprint density at radius 1 is 1.54 bits per heavy atom. The lowest BCUT2D eigenvalue weighted by Crippen LogP contribution is -1.95. The van der Waals surface area contributed by atoms with Crippen LogP contribution in [0, 0.1) is 17.0 Å². The van der Waals surface area contributed by atoms with E-state index in [9.17, 15) is 10.1 Å². The van der Waals surface area contributed by atoms with Gasteiger partial charge in [-0.3, -0.25) is 10.1 Å². The van der Waals surface area contributed by atoms with Crippen LogP contribution in [0.5, 0.6) is 0 Å². The molecule has 0 aliphatic carbocycles. The molecule has 1 aromatic rings. The molecule has 0 amide bonds. The van der Waals surface area contributed by atoms with Crippen LogP contribution in [0.3, 0.4) is 0 Å². The average Bonchev–Trinajstić information content (AvgIpc) is 2.07. The van der Waals surface area contributed by atoms with Crippen molar-refractivity contribution in [2.24, 2.45) is 0 Å². The number of nitrogens with zero attached hydrogens (tertiary/aromatic N) is 1. The molecule has 0 saturated heterocycles. The Kier molecular flexibility index (Phi) is 2.87. The molecule has 4 nitrogen and oxygen atoms in total. The number of halogens is 1. The molecule has 13 heavy (non-hydrogen) atoms. The number of hydrogen-bond acceptors (Lipinski definition) is 3. The van der Waals surface area contributed by atoms with E-state index in [4.69, 9.17) is 0 Å². The van der Waals surface area contributed by atoms with Crippen LogP contribution in [0.25, 0.3) is 0 Å². The molecule has 1 rings (SSSR count). The van der Waals surface area contributed by atoms with Gasteiger partial charge in [0.05, 0.1) is 9.40 Å². The van der Waals surface area contributed by atoms with Gasteiger partial charge in [-0.2, -0.15) is 0 Å². The van der Waals surface area contributed by atoms with Crippen LogP contribution in [-0.4, -0.2) is 12.0 Å². The highest BCUT2D eigenvalue weighted by molar-refractivity contribution is 9.10. The molecule has 0 heterocycles. The monoisotopic (exact) mass is 244 g/mol. The first kappa shape index (κ1) is 9.98. The van der Waals surface area contributed by atoms with Crippen molar-refractivity contribution in [1.82, 2.24) is 0 Å². The molecule has 0 bridgehead atoms. The zero-order valence-corrected chi connectivity index (χ0v) is 8.88. The lowest BCUT2D eigenvalue weighted by molar-refractivity contribution is -0.385. The number of aryl methyl sites for hydroxylation is 1. The minimum atomic E-state index is -0.406. The number of nitrogens with one attached hydrogen (secondary N) is 1. The van der Waals surface area contributed by atoms with Crippen molar-refractivity contribution in [3.05, 3.63) is 32.3 Å². The summed E-state index contributed by atoms with van der Waals surface area (Å²) in [6, 6.07) is 3.24. The SMILES string of the molecule is CNc1cc(Br)c([N+](=O)[O-])cc1C. The summed E-state index contributed by atoms with van der Waals surface area (Å²) in [4.78, 5) is 10.1. The van der Waals surface area contributed by atoms with E-state index in [1.54, 1.807) is 13.1 Å². The van der Waals surface area contributed by atoms with Gasteiger partial charge in [0.2, 0.25) is 0 Å². The van der Waals surface area contributed by atoms with Gasteiger partial charge in [-0.1, -0.05) is 0 Å². The molecule has 1 N–H and O–H groups in total. The third-order valence-electron chi connectivity index (χ3n) is 1.76. The molecule has 0 aliphatic rings. The van der Waals surface area contributed by atoms with Crippen LogP contribution >= 0.6 is 15.9 Å². The standard InChI is InChI=1S/C8H9BrN2O2/c1-5-3-8(11(12)13)6(9)4-7(5)10-2/h3-4,10H,1-2H3. The molecule has 0 unspecified atom stereocenters. The quantitative estimate of drug-likeness (QED) is 0.643. The van der Waals surface area contributed by atoms with Crippen molar-refractivity contribution in [2.45, 2.75) is 6.92 Å². The predicted octanol–water partition coefficient (Wildman–Crippen LogP) is 2.71. The number of nitro benzene ring substituents is 1.